The third kappa shape index (κ3) is 3.34. The molecule has 0 atom stereocenters. The summed E-state index contributed by atoms with van der Waals surface area (Å²) in [7, 11) is 0. The maximum Gasteiger partial charge on any atom is 0.283 e. The van der Waals surface area contributed by atoms with Gasteiger partial charge in [-0.3, -0.25) is 15.0 Å². The van der Waals surface area contributed by atoms with Crippen molar-refractivity contribution in [2.45, 2.75) is 64.8 Å². The van der Waals surface area contributed by atoms with Gasteiger partial charge in [-0.25, -0.2) is 14.3 Å². The van der Waals surface area contributed by atoms with Gasteiger partial charge >= 0.3 is 0 Å². The van der Waals surface area contributed by atoms with E-state index < -0.39 is 0 Å². The standard InChI is InChI=1S/C17H25N5O2/c1-17(2,3)22-15-13(10-19-22)16(24)21(11-18-15)20-14(23)9-8-12-6-4-5-7-12/h10-12H,4-9H2,1-3H3,(H,20,23). The number of nitrogens with one attached hydrogen (secondary N) is 1. The Morgan fingerprint density at radius 2 is 2.04 bits per heavy atom. The first-order valence-electron chi connectivity index (χ1n) is 8.62. The zero-order chi connectivity index (χ0) is 17.3. The van der Waals surface area contributed by atoms with Crippen LogP contribution in [0.1, 0.15) is 59.3 Å². The van der Waals surface area contributed by atoms with Gasteiger partial charge in [-0.05, 0) is 33.1 Å². The lowest BCUT2D eigenvalue weighted by molar-refractivity contribution is -0.117. The number of carbonyl (C=O) groups excluding carboxylic acids is 1. The Morgan fingerprint density at radius 3 is 2.71 bits per heavy atom. The number of amides is 1. The molecule has 1 aliphatic carbocycles. The molecule has 0 saturated heterocycles. The lowest BCUT2D eigenvalue weighted by Gasteiger charge is -2.19. The predicted octanol–water partition coefficient (Wildman–Crippen LogP) is 2.39. The van der Waals surface area contributed by atoms with Gasteiger partial charge in [0.1, 0.15) is 11.7 Å². The molecule has 0 aromatic carbocycles. The van der Waals surface area contributed by atoms with Gasteiger partial charge in [-0.15, -0.1) is 0 Å². The van der Waals surface area contributed by atoms with Crippen molar-refractivity contribution in [3.63, 3.8) is 0 Å². The van der Waals surface area contributed by atoms with Crippen LogP contribution in [0.3, 0.4) is 0 Å². The SMILES string of the molecule is CC(C)(C)n1ncc2c(=O)n(NC(=O)CCC3CCCC3)cnc21. The first-order chi connectivity index (χ1) is 11.4. The minimum absolute atomic E-state index is 0.145. The molecule has 2 aromatic rings. The van der Waals surface area contributed by atoms with Crippen molar-refractivity contribution in [1.82, 2.24) is 19.4 Å². The van der Waals surface area contributed by atoms with Gasteiger partial charge in [0, 0.05) is 6.42 Å². The highest BCUT2D eigenvalue weighted by Gasteiger charge is 2.20. The molecular formula is C17H25N5O2. The summed E-state index contributed by atoms with van der Waals surface area (Å²) in [5.74, 6) is 0.506. The molecular weight excluding hydrogens is 306 g/mol. The summed E-state index contributed by atoms with van der Waals surface area (Å²) < 4.78 is 2.88. The molecule has 1 amide bonds. The van der Waals surface area contributed by atoms with Crippen LogP contribution in [0.2, 0.25) is 0 Å². The van der Waals surface area contributed by atoms with Crippen LogP contribution in [0.15, 0.2) is 17.3 Å². The number of nitrogens with zero attached hydrogens (tertiary/aromatic N) is 4. The van der Waals surface area contributed by atoms with Crippen LogP contribution < -0.4 is 11.0 Å². The summed E-state index contributed by atoms with van der Waals surface area (Å²) in [5.41, 5.74) is 2.60. The third-order valence-corrected chi connectivity index (χ3v) is 4.62. The Hall–Kier alpha value is -2.18. The molecule has 0 bridgehead atoms. The van der Waals surface area contributed by atoms with Gasteiger partial charge < -0.3 is 0 Å². The molecule has 0 aliphatic heterocycles. The van der Waals surface area contributed by atoms with Gasteiger partial charge in [0.15, 0.2) is 5.65 Å². The van der Waals surface area contributed by atoms with Crippen LogP contribution in [0, 0.1) is 5.92 Å². The highest BCUT2D eigenvalue weighted by Crippen LogP contribution is 2.28. The van der Waals surface area contributed by atoms with E-state index in [2.05, 4.69) is 15.5 Å². The lowest BCUT2D eigenvalue weighted by Crippen LogP contribution is -2.33. The van der Waals surface area contributed by atoms with E-state index in [9.17, 15) is 9.59 Å². The minimum Gasteiger partial charge on any atom is -0.273 e. The summed E-state index contributed by atoms with van der Waals surface area (Å²) >= 11 is 0. The molecule has 0 spiro atoms. The van der Waals surface area contributed by atoms with Gasteiger partial charge in [-0.2, -0.15) is 5.10 Å². The Bertz CT molecular complexity index is 793. The zero-order valence-electron chi connectivity index (χ0n) is 14.6. The Balaban J connectivity index is 1.74. The van der Waals surface area contributed by atoms with Crippen molar-refractivity contribution < 1.29 is 4.79 Å². The lowest BCUT2D eigenvalue weighted by atomic mass is 10.0. The summed E-state index contributed by atoms with van der Waals surface area (Å²) in [6.07, 6.45) is 9.17. The predicted molar refractivity (Wildman–Crippen MR) is 92.3 cm³/mol. The smallest absolute Gasteiger partial charge is 0.273 e. The average molecular weight is 331 g/mol. The van der Waals surface area contributed by atoms with E-state index in [-0.39, 0.29) is 17.0 Å². The number of aromatic nitrogens is 4. The minimum atomic E-state index is -0.301. The highest BCUT2D eigenvalue weighted by atomic mass is 16.2. The van der Waals surface area contributed by atoms with Gasteiger partial charge in [-0.1, -0.05) is 25.7 Å². The molecule has 24 heavy (non-hydrogen) atoms. The highest BCUT2D eigenvalue weighted by molar-refractivity contribution is 5.84. The quantitative estimate of drug-likeness (QED) is 0.932. The van der Waals surface area contributed by atoms with E-state index in [0.717, 1.165) is 11.1 Å². The van der Waals surface area contributed by atoms with Crippen LogP contribution in [0.5, 0.6) is 0 Å². The van der Waals surface area contributed by atoms with Crippen LogP contribution in [-0.2, 0) is 10.3 Å². The first kappa shape index (κ1) is 16.7. The van der Waals surface area contributed by atoms with Gasteiger partial charge in [0.25, 0.3) is 5.56 Å². The maximum atomic E-state index is 12.5. The van der Waals surface area contributed by atoms with E-state index in [1.807, 2.05) is 20.8 Å². The molecule has 1 N–H and O–H groups in total. The van der Waals surface area contributed by atoms with Crippen LogP contribution in [-0.4, -0.2) is 25.3 Å². The van der Waals surface area contributed by atoms with Crippen LogP contribution in [0.25, 0.3) is 11.0 Å². The fourth-order valence-electron chi connectivity index (χ4n) is 3.31. The molecule has 130 valence electrons. The Labute approximate surface area is 141 Å². The van der Waals surface area contributed by atoms with Crippen molar-refractivity contribution in [3.05, 3.63) is 22.9 Å². The van der Waals surface area contributed by atoms with Gasteiger partial charge in [0.2, 0.25) is 5.91 Å². The van der Waals surface area contributed by atoms with E-state index in [0.29, 0.717) is 23.4 Å². The van der Waals surface area contributed by atoms with E-state index >= 15 is 0 Å². The second-order valence-electron chi connectivity index (χ2n) is 7.61. The molecule has 7 heteroatoms. The van der Waals surface area contributed by atoms with Crippen LogP contribution in [0.4, 0.5) is 0 Å². The normalized spacial score (nSPS) is 16.0. The topological polar surface area (TPSA) is 81.8 Å². The second-order valence-corrected chi connectivity index (χ2v) is 7.61. The fraction of sp³-hybridized carbons (Fsp3) is 0.647. The van der Waals surface area contributed by atoms with Gasteiger partial charge in [0.05, 0.1) is 11.7 Å². The number of rotatable bonds is 4. The van der Waals surface area contributed by atoms with Crippen molar-refractivity contribution in [2.24, 2.45) is 5.92 Å². The number of hydrogen-bond acceptors (Lipinski definition) is 4. The Morgan fingerprint density at radius 1 is 1.33 bits per heavy atom. The zero-order valence-corrected chi connectivity index (χ0v) is 14.6. The fourth-order valence-corrected chi connectivity index (χ4v) is 3.31. The molecule has 7 nitrogen and oxygen atoms in total. The molecule has 1 aliphatic rings. The Kier molecular flexibility index (Phi) is 4.43. The maximum absolute atomic E-state index is 12.5. The second kappa shape index (κ2) is 6.37. The molecule has 2 aromatic heterocycles. The van der Waals surface area contributed by atoms with E-state index in [1.165, 1.54) is 38.2 Å². The summed E-state index contributed by atoms with van der Waals surface area (Å²) in [5, 5.41) is 4.67. The summed E-state index contributed by atoms with van der Waals surface area (Å²) in [4.78, 5) is 28.9. The molecule has 1 saturated carbocycles. The van der Waals surface area contributed by atoms with Crippen molar-refractivity contribution in [2.75, 3.05) is 5.43 Å². The summed E-state index contributed by atoms with van der Waals surface area (Å²) in [6.45, 7) is 5.99. The molecule has 1 fully saturated rings. The molecule has 2 heterocycles. The third-order valence-electron chi connectivity index (χ3n) is 4.62. The van der Waals surface area contributed by atoms with E-state index in [1.54, 1.807) is 4.68 Å². The number of hydrogen-bond donors (Lipinski definition) is 1. The van der Waals surface area contributed by atoms with Crippen LogP contribution >= 0.6 is 0 Å². The van der Waals surface area contributed by atoms with Crippen molar-refractivity contribution in [1.29, 1.82) is 0 Å². The molecule has 3 rings (SSSR count). The summed E-state index contributed by atoms with van der Waals surface area (Å²) in [6, 6.07) is 0. The van der Waals surface area contributed by atoms with E-state index in [4.69, 9.17) is 0 Å². The monoisotopic (exact) mass is 331 g/mol. The first-order valence-corrected chi connectivity index (χ1v) is 8.62. The molecule has 0 unspecified atom stereocenters. The van der Waals surface area contributed by atoms with Crippen molar-refractivity contribution >= 4 is 16.9 Å². The largest absolute Gasteiger partial charge is 0.283 e. The molecule has 0 radical (unpaired) electrons. The average Bonchev–Trinajstić information content (AvgIpc) is 3.16. The van der Waals surface area contributed by atoms with Crippen molar-refractivity contribution in [3.8, 4) is 0 Å². The number of fused-ring (bicyclic) bond motifs is 1. The number of carbonyl (C=O) groups is 1.